The number of nitrogens with two attached hydrogens (primary N) is 2. The molecule has 222 valence electrons. The van der Waals surface area contributed by atoms with Crippen LogP contribution in [0.3, 0.4) is 0 Å². The molecule has 10 N–H and O–H groups in total. The van der Waals surface area contributed by atoms with Gasteiger partial charge in [-0.2, -0.15) is 0 Å². The van der Waals surface area contributed by atoms with Gasteiger partial charge in [0.05, 0.1) is 24.7 Å². The predicted molar refractivity (Wildman–Crippen MR) is 145 cm³/mol. The van der Waals surface area contributed by atoms with Crippen LogP contribution in [0.15, 0.2) is 54.6 Å². The van der Waals surface area contributed by atoms with E-state index in [2.05, 4.69) is 10.7 Å². The summed E-state index contributed by atoms with van der Waals surface area (Å²) < 4.78 is 0. The number of benzene rings is 1. The first-order valence-electron chi connectivity index (χ1n) is 13.6. The minimum absolute atomic E-state index is 0.0254. The quantitative estimate of drug-likeness (QED) is 0.0508. The topological polar surface area (TPSA) is 231 Å². The molecule has 1 fully saturated rings. The van der Waals surface area contributed by atoms with Crippen LogP contribution in [0.5, 0.6) is 0 Å². The minimum Gasteiger partial charge on any atom is -0.550 e. The number of aliphatic carboxylic acids is 2. The van der Waals surface area contributed by atoms with Crippen LogP contribution in [0.25, 0.3) is 0 Å². The molecule has 1 aromatic rings. The van der Waals surface area contributed by atoms with Crippen molar-refractivity contribution in [1.29, 1.82) is 0 Å². The van der Waals surface area contributed by atoms with Gasteiger partial charge in [-0.1, -0.05) is 54.6 Å². The molecule has 2 unspecified atom stereocenters. The Morgan fingerprint density at radius 2 is 1.82 bits per heavy atom. The van der Waals surface area contributed by atoms with Crippen LogP contribution in [0, 0.1) is 11.8 Å². The fourth-order valence-corrected chi connectivity index (χ4v) is 4.26. The number of carboxylic acid groups (broad SMARTS) is 2. The highest BCUT2D eigenvalue weighted by Crippen LogP contribution is 2.33. The molecular weight excluding hydrogens is 516 g/mol. The van der Waals surface area contributed by atoms with Crippen LogP contribution in [-0.4, -0.2) is 58.7 Å². The summed E-state index contributed by atoms with van der Waals surface area (Å²) in [7, 11) is 0. The molecule has 0 spiro atoms. The van der Waals surface area contributed by atoms with E-state index in [9.17, 15) is 34.8 Å². The number of allylic oxidation sites excluding steroid dienone is 2. The highest BCUT2D eigenvalue weighted by molar-refractivity contribution is 5.84. The minimum atomic E-state index is -1.13. The Labute approximate surface area is 235 Å². The summed E-state index contributed by atoms with van der Waals surface area (Å²) in [6, 6.07) is 9.27. The molecule has 1 saturated carbocycles. The standard InChI is InChI=1S/C23H30O5.C6H14N4O2/c24-18(13-12-17-8-4-3-5-9-17)14-15-20-19(21(25)16-22(20)26)10-6-1-2-7-11-23(27)28;7-4(5(11)12)2-1-3-10-6(8)9/h1,3-6,8-9,14-15,18-20,22,24,26H,2,7,10-13,16H2,(H,27,28);4H,1-3,7H2,(H,11,12)(H4,8,9,10)/b6-1-,15-14+;/t18-,19?,20?,22+;4-/m00/s1. The summed E-state index contributed by atoms with van der Waals surface area (Å²) in [5, 5.41) is 41.0. The molecule has 11 heteroatoms. The third kappa shape index (κ3) is 15.2. The highest BCUT2D eigenvalue weighted by atomic mass is 16.4. The first-order chi connectivity index (χ1) is 19.0. The fourth-order valence-electron chi connectivity index (χ4n) is 4.26. The van der Waals surface area contributed by atoms with E-state index in [0.29, 0.717) is 45.1 Å². The number of ketones is 1. The second-order valence-corrected chi connectivity index (χ2v) is 9.91. The van der Waals surface area contributed by atoms with E-state index >= 15 is 0 Å². The second kappa shape index (κ2) is 19.5. The van der Waals surface area contributed by atoms with E-state index in [1.807, 2.05) is 42.5 Å². The van der Waals surface area contributed by atoms with Crippen LogP contribution in [-0.2, 0) is 20.8 Å². The molecule has 5 atom stereocenters. The molecule has 0 saturated heterocycles. The Morgan fingerprint density at radius 1 is 1.12 bits per heavy atom. The Hall–Kier alpha value is -3.54. The number of carboxylic acids is 2. The lowest BCUT2D eigenvalue weighted by Gasteiger charge is -2.16. The Bertz CT molecular complexity index is 993. The summed E-state index contributed by atoms with van der Waals surface area (Å²) in [6.07, 6.45) is 10.1. The summed E-state index contributed by atoms with van der Waals surface area (Å²) >= 11 is 0. The molecule has 11 nitrogen and oxygen atoms in total. The molecule has 40 heavy (non-hydrogen) atoms. The van der Waals surface area contributed by atoms with Gasteiger partial charge >= 0.3 is 5.96 Å². The average Bonchev–Trinajstić information content (AvgIpc) is 3.18. The van der Waals surface area contributed by atoms with Crippen LogP contribution in [0.4, 0.5) is 0 Å². The maximum atomic E-state index is 12.2. The number of guanidine groups is 1. The van der Waals surface area contributed by atoms with Gasteiger partial charge in [0.2, 0.25) is 0 Å². The van der Waals surface area contributed by atoms with Crippen molar-refractivity contribution in [2.75, 3.05) is 6.54 Å². The number of hydrogen-bond donors (Lipinski definition) is 6. The maximum Gasteiger partial charge on any atom is 0.338 e. The average molecular weight is 561 g/mol. The molecule has 0 bridgehead atoms. The third-order valence-electron chi connectivity index (χ3n) is 6.56. The zero-order chi connectivity index (χ0) is 29.9. The SMILES string of the molecule is NC(N)=[NH+]CCC[C@H]([NH3+])C(=O)[O-].O=C([O-])CCC/C=C\CC1C(=O)C[C@@H](O)C1/C=C/[C@@H](O)CCc1ccccc1. The first kappa shape index (κ1) is 34.5. The van der Waals surface area contributed by atoms with Crippen LogP contribution >= 0.6 is 0 Å². The van der Waals surface area contributed by atoms with Crippen molar-refractivity contribution in [2.24, 2.45) is 23.3 Å². The van der Waals surface area contributed by atoms with Gasteiger partial charge in [-0.05, 0) is 50.5 Å². The predicted octanol–water partition coefficient (Wildman–Crippen LogP) is -3.55. The lowest BCUT2D eigenvalue weighted by Crippen LogP contribution is -2.78. The van der Waals surface area contributed by atoms with E-state index in [-0.39, 0.29) is 36.4 Å². The number of Topliss-reactive ketones (excluding diaryl/α,β-unsaturated/α-hetero) is 1. The summed E-state index contributed by atoms with van der Waals surface area (Å²) in [4.78, 5) is 35.4. The van der Waals surface area contributed by atoms with E-state index in [4.69, 9.17) is 11.5 Å². The van der Waals surface area contributed by atoms with Gasteiger partial charge in [-0.15, -0.1) is 0 Å². The fraction of sp³-hybridized carbons (Fsp3) is 0.517. The van der Waals surface area contributed by atoms with Crippen LogP contribution in [0.2, 0.25) is 0 Å². The zero-order valence-corrected chi connectivity index (χ0v) is 23.0. The molecule has 2 rings (SSSR count). The lowest BCUT2D eigenvalue weighted by molar-refractivity contribution is -0.466. The van der Waals surface area contributed by atoms with Crippen molar-refractivity contribution >= 4 is 23.7 Å². The van der Waals surface area contributed by atoms with Crippen molar-refractivity contribution in [3.63, 3.8) is 0 Å². The normalized spacial score (nSPS) is 20.2. The van der Waals surface area contributed by atoms with E-state index in [0.717, 1.165) is 12.0 Å². The number of aliphatic hydroxyl groups is 2. The summed E-state index contributed by atoms with van der Waals surface area (Å²) in [5.74, 6) is -2.61. The zero-order valence-electron chi connectivity index (χ0n) is 23.0. The summed E-state index contributed by atoms with van der Waals surface area (Å²) in [5.41, 5.74) is 14.8. The maximum absolute atomic E-state index is 12.2. The van der Waals surface area contributed by atoms with Gasteiger partial charge in [-0.25, -0.2) is 0 Å². The Balaban J connectivity index is 0.000000562. The van der Waals surface area contributed by atoms with E-state index in [1.54, 1.807) is 12.2 Å². The monoisotopic (exact) mass is 560 g/mol. The van der Waals surface area contributed by atoms with Crippen molar-refractivity contribution in [2.45, 2.75) is 76.0 Å². The Kier molecular flexibility index (Phi) is 16.8. The molecular formula is C29H44N4O7. The molecule has 0 amide bonds. The smallest absolute Gasteiger partial charge is 0.338 e. The lowest BCUT2D eigenvalue weighted by atomic mass is 9.90. The van der Waals surface area contributed by atoms with Gasteiger partial charge in [0.1, 0.15) is 11.8 Å². The molecule has 1 aliphatic rings. The number of rotatable bonds is 16. The van der Waals surface area contributed by atoms with Crippen molar-refractivity contribution in [1.82, 2.24) is 0 Å². The second-order valence-electron chi connectivity index (χ2n) is 9.91. The molecule has 1 aromatic carbocycles. The molecule has 0 aliphatic heterocycles. The Morgan fingerprint density at radius 3 is 2.45 bits per heavy atom. The number of nitrogens with one attached hydrogen (secondary N) is 1. The molecule has 0 heterocycles. The van der Waals surface area contributed by atoms with E-state index < -0.39 is 30.2 Å². The summed E-state index contributed by atoms with van der Waals surface area (Å²) in [6.45, 7) is 0.557. The number of carbonyl (C=O) groups is 3. The van der Waals surface area contributed by atoms with Crippen molar-refractivity contribution < 1.29 is 45.5 Å². The van der Waals surface area contributed by atoms with Crippen LogP contribution < -0.4 is 32.4 Å². The molecule has 0 radical (unpaired) electrons. The van der Waals surface area contributed by atoms with Gasteiger partial charge in [0.15, 0.2) is 0 Å². The van der Waals surface area contributed by atoms with Gasteiger partial charge in [0, 0.05) is 30.6 Å². The van der Waals surface area contributed by atoms with Gasteiger partial charge < -0.3 is 35.7 Å². The van der Waals surface area contributed by atoms with Crippen molar-refractivity contribution in [3.8, 4) is 0 Å². The van der Waals surface area contributed by atoms with Gasteiger partial charge in [-0.3, -0.25) is 21.3 Å². The molecule has 1 aliphatic carbocycles. The number of aliphatic hydroxyl groups excluding tert-OH is 2. The highest BCUT2D eigenvalue weighted by Gasteiger charge is 2.39. The number of unbranched alkanes of at least 4 members (excludes halogenated alkanes) is 1. The number of hydrogen-bond acceptors (Lipinski definition) is 7. The number of aryl methyl sites for hydroxylation is 1. The number of quaternary nitrogens is 1. The van der Waals surface area contributed by atoms with Gasteiger partial charge in [0.25, 0.3) is 0 Å². The third-order valence-corrected chi connectivity index (χ3v) is 6.56. The van der Waals surface area contributed by atoms with Crippen molar-refractivity contribution in [3.05, 3.63) is 60.2 Å². The molecule has 0 aromatic heterocycles. The van der Waals surface area contributed by atoms with E-state index in [1.165, 1.54) is 0 Å². The number of carbonyl (C=O) groups excluding carboxylic acids is 3. The largest absolute Gasteiger partial charge is 0.550 e. The first-order valence-corrected chi connectivity index (χ1v) is 13.6. The van der Waals surface area contributed by atoms with Crippen LogP contribution in [0.1, 0.15) is 56.9 Å².